The lowest BCUT2D eigenvalue weighted by molar-refractivity contribution is 1.38. The van der Waals surface area contributed by atoms with E-state index in [0.29, 0.717) is 15.6 Å². The molecule has 0 fully saturated rings. The molecule has 0 aliphatic heterocycles. The highest BCUT2D eigenvalue weighted by atomic mass is 35.5. The van der Waals surface area contributed by atoms with Crippen molar-refractivity contribution in [1.29, 1.82) is 5.26 Å². The number of nitriles is 1. The van der Waals surface area contributed by atoms with E-state index >= 15 is 0 Å². The Bertz CT molecular complexity index is 423. The lowest BCUT2D eigenvalue weighted by Crippen LogP contribution is -1.84. The highest BCUT2D eigenvalue weighted by Gasteiger charge is 2.05. The van der Waals surface area contributed by atoms with Gasteiger partial charge >= 0.3 is 0 Å². The zero-order valence-corrected chi connectivity index (χ0v) is 9.45. The van der Waals surface area contributed by atoms with Gasteiger partial charge in [0.2, 0.25) is 0 Å². The molecule has 0 saturated carbocycles. The normalized spacial score (nSPS) is 9.36. The first-order valence-electron chi connectivity index (χ1n) is 4.09. The topological polar surface area (TPSA) is 23.8 Å². The average Bonchev–Trinajstić information content (AvgIpc) is 2.11. The van der Waals surface area contributed by atoms with Crippen LogP contribution < -0.4 is 0 Å². The van der Waals surface area contributed by atoms with Crippen LogP contribution in [0.1, 0.15) is 19.4 Å². The summed E-state index contributed by atoms with van der Waals surface area (Å²) < 4.78 is 0. The first-order valence-corrected chi connectivity index (χ1v) is 4.85. The molecule has 0 saturated heterocycles. The van der Waals surface area contributed by atoms with Gasteiger partial charge in [-0.05, 0) is 31.5 Å². The molecular weight excluding hydrogens is 217 g/mol. The van der Waals surface area contributed by atoms with E-state index in [1.54, 1.807) is 18.2 Å². The van der Waals surface area contributed by atoms with E-state index in [0.717, 1.165) is 11.1 Å². The van der Waals surface area contributed by atoms with Crippen LogP contribution >= 0.6 is 23.2 Å². The average molecular weight is 226 g/mol. The smallest absolute Gasteiger partial charge is 0.0997 e. The molecule has 0 radical (unpaired) electrons. The van der Waals surface area contributed by atoms with E-state index in [1.165, 1.54) is 0 Å². The van der Waals surface area contributed by atoms with Crippen molar-refractivity contribution >= 4 is 28.8 Å². The first kappa shape index (κ1) is 11.1. The highest BCUT2D eigenvalue weighted by Crippen LogP contribution is 2.27. The van der Waals surface area contributed by atoms with Crippen LogP contribution in [0.25, 0.3) is 5.57 Å². The highest BCUT2D eigenvalue weighted by molar-refractivity contribution is 6.42. The minimum Gasteiger partial charge on any atom is -0.192 e. The van der Waals surface area contributed by atoms with E-state index in [9.17, 15) is 0 Å². The van der Waals surface area contributed by atoms with Crippen molar-refractivity contribution in [3.8, 4) is 6.07 Å². The van der Waals surface area contributed by atoms with Crippen LogP contribution in [0, 0.1) is 11.3 Å². The van der Waals surface area contributed by atoms with Crippen molar-refractivity contribution in [3.05, 3.63) is 39.4 Å². The van der Waals surface area contributed by atoms with Crippen molar-refractivity contribution in [2.75, 3.05) is 0 Å². The lowest BCUT2D eigenvalue weighted by atomic mass is 10.0. The summed E-state index contributed by atoms with van der Waals surface area (Å²) in [5.74, 6) is 0. The molecule has 0 N–H and O–H groups in total. The Hall–Kier alpha value is -0.970. The standard InChI is InChI=1S/C11H9Cl2N/c1-7(2)9(6-14)8-3-4-10(12)11(13)5-8/h3-5H,1-2H3. The van der Waals surface area contributed by atoms with E-state index in [4.69, 9.17) is 28.5 Å². The Morgan fingerprint density at radius 2 is 1.86 bits per heavy atom. The molecule has 1 nitrogen and oxygen atoms in total. The van der Waals surface area contributed by atoms with Gasteiger partial charge in [-0.15, -0.1) is 0 Å². The summed E-state index contributed by atoms with van der Waals surface area (Å²) in [5.41, 5.74) is 2.41. The predicted octanol–water partition coefficient (Wildman–Crippen LogP) is 4.31. The van der Waals surface area contributed by atoms with Gasteiger partial charge in [-0.2, -0.15) is 5.26 Å². The minimum atomic E-state index is 0.471. The maximum absolute atomic E-state index is 8.93. The molecule has 1 rings (SSSR count). The molecule has 0 atom stereocenters. The molecule has 0 bridgehead atoms. The van der Waals surface area contributed by atoms with Crippen molar-refractivity contribution < 1.29 is 0 Å². The predicted molar refractivity (Wildman–Crippen MR) is 60.3 cm³/mol. The lowest BCUT2D eigenvalue weighted by Gasteiger charge is -2.03. The van der Waals surface area contributed by atoms with Crippen LogP contribution in [0.2, 0.25) is 10.0 Å². The number of allylic oxidation sites excluding steroid dienone is 2. The van der Waals surface area contributed by atoms with Crippen LogP contribution in [0.4, 0.5) is 0 Å². The second-order valence-electron chi connectivity index (χ2n) is 3.12. The van der Waals surface area contributed by atoms with Gasteiger partial charge in [0.15, 0.2) is 0 Å². The molecule has 0 unspecified atom stereocenters. The Labute approximate surface area is 93.6 Å². The van der Waals surface area contributed by atoms with Gasteiger partial charge in [-0.3, -0.25) is 0 Å². The van der Waals surface area contributed by atoms with Crippen LogP contribution in [-0.2, 0) is 0 Å². The maximum Gasteiger partial charge on any atom is 0.0997 e. The first-order chi connectivity index (χ1) is 6.56. The number of benzene rings is 1. The maximum atomic E-state index is 8.93. The third kappa shape index (κ3) is 2.29. The third-order valence-electron chi connectivity index (χ3n) is 1.82. The number of hydrogen-bond acceptors (Lipinski definition) is 1. The number of hydrogen-bond donors (Lipinski definition) is 0. The monoisotopic (exact) mass is 225 g/mol. The molecule has 72 valence electrons. The van der Waals surface area contributed by atoms with Gasteiger partial charge in [-0.25, -0.2) is 0 Å². The molecule has 14 heavy (non-hydrogen) atoms. The molecule has 1 aromatic carbocycles. The van der Waals surface area contributed by atoms with E-state index < -0.39 is 0 Å². The molecular formula is C11H9Cl2N. The number of halogens is 2. The summed E-state index contributed by atoms with van der Waals surface area (Å²) in [6, 6.07) is 7.33. The van der Waals surface area contributed by atoms with Gasteiger partial charge in [0.25, 0.3) is 0 Å². The summed E-state index contributed by atoms with van der Waals surface area (Å²) in [6.07, 6.45) is 0. The van der Waals surface area contributed by atoms with Crippen molar-refractivity contribution in [2.45, 2.75) is 13.8 Å². The van der Waals surface area contributed by atoms with Gasteiger partial charge in [0, 0.05) is 0 Å². The number of rotatable bonds is 1. The zero-order chi connectivity index (χ0) is 10.7. The van der Waals surface area contributed by atoms with E-state index in [1.807, 2.05) is 13.8 Å². The quantitative estimate of drug-likeness (QED) is 0.654. The summed E-state index contributed by atoms with van der Waals surface area (Å²) in [7, 11) is 0. The van der Waals surface area contributed by atoms with Crippen LogP contribution in [0.5, 0.6) is 0 Å². The van der Waals surface area contributed by atoms with Gasteiger partial charge in [0.05, 0.1) is 21.7 Å². The summed E-state index contributed by atoms with van der Waals surface area (Å²) >= 11 is 11.6. The fraction of sp³-hybridized carbons (Fsp3) is 0.182. The second kappa shape index (κ2) is 4.50. The molecule has 0 aliphatic carbocycles. The summed E-state index contributed by atoms with van der Waals surface area (Å²) in [6.45, 7) is 3.78. The minimum absolute atomic E-state index is 0.471. The summed E-state index contributed by atoms with van der Waals surface area (Å²) in [5, 5.41) is 9.90. The SMILES string of the molecule is CC(C)=C(C#N)c1ccc(Cl)c(Cl)c1. The van der Waals surface area contributed by atoms with Crippen LogP contribution in [0.15, 0.2) is 23.8 Å². The second-order valence-corrected chi connectivity index (χ2v) is 3.93. The molecule has 3 heteroatoms. The van der Waals surface area contributed by atoms with Crippen LogP contribution in [-0.4, -0.2) is 0 Å². The van der Waals surface area contributed by atoms with E-state index in [-0.39, 0.29) is 0 Å². The number of nitrogens with zero attached hydrogens (tertiary/aromatic N) is 1. The zero-order valence-electron chi connectivity index (χ0n) is 7.94. The van der Waals surface area contributed by atoms with Crippen LogP contribution in [0.3, 0.4) is 0 Å². The Morgan fingerprint density at radius 1 is 1.21 bits per heavy atom. The fourth-order valence-electron chi connectivity index (χ4n) is 1.12. The Morgan fingerprint density at radius 3 is 2.29 bits per heavy atom. The van der Waals surface area contributed by atoms with Gasteiger partial charge < -0.3 is 0 Å². The fourth-order valence-corrected chi connectivity index (χ4v) is 1.41. The Kier molecular flexibility index (Phi) is 3.57. The molecule has 1 aromatic rings. The Balaban J connectivity index is 3.29. The molecule has 0 aromatic heterocycles. The largest absolute Gasteiger partial charge is 0.192 e. The summed E-state index contributed by atoms with van der Waals surface area (Å²) in [4.78, 5) is 0. The molecule has 0 aliphatic rings. The molecule has 0 spiro atoms. The van der Waals surface area contributed by atoms with Crippen molar-refractivity contribution in [2.24, 2.45) is 0 Å². The van der Waals surface area contributed by atoms with Gasteiger partial charge in [-0.1, -0.05) is 34.8 Å². The van der Waals surface area contributed by atoms with Gasteiger partial charge in [0.1, 0.15) is 0 Å². The van der Waals surface area contributed by atoms with Crippen molar-refractivity contribution in [1.82, 2.24) is 0 Å². The molecule has 0 amide bonds. The third-order valence-corrected chi connectivity index (χ3v) is 2.56. The van der Waals surface area contributed by atoms with Crippen molar-refractivity contribution in [3.63, 3.8) is 0 Å². The van der Waals surface area contributed by atoms with E-state index in [2.05, 4.69) is 6.07 Å². The molecule has 0 heterocycles.